The minimum absolute atomic E-state index is 0.0325. The van der Waals surface area contributed by atoms with Crippen molar-refractivity contribution in [3.63, 3.8) is 0 Å². The van der Waals surface area contributed by atoms with Crippen molar-refractivity contribution in [2.24, 2.45) is 0 Å². The Morgan fingerprint density at radius 1 is 0.931 bits per heavy atom. The molecular formula is C19H39NO8P+. The second kappa shape index (κ2) is 14.9. The number of likely N-dealkylation sites (N-methyl/N-ethyl adjacent to an activating group) is 1. The number of quaternary nitrogens is 1. The second-order valence-corrected chi connectivity index (χ2v) is 9.42. The summed E-state index contributed by atoms with van der Waals surface area (Å²) in [5.41, 5.74) is 0. The lowest BCUT2D eigenvalue weighted by Gasteiger charge is -2.24. The molecule has 0 amide bonds. The standard InChI is InChI=1S/C19H38NO8P/c1-6-8-10-12-19(22)28-17(15-25-18(21)11-9-7-2)16-27-29(23,24)26-14-13-20(3,4)5/h17H,6-16H2,1-5H3/p+1/t17-/m1/s1. The lowest BCUT2D eigenvalue weighted by molar-refractivity contribution is -0.870. The first-order valence-electron chi connectivity index (χ1n) is 10.3. The largest absolute Gasteiger partial charge is 0.472 e. The molecule has 9 nitrogen and oxygen atoms in total. The van der Waals surface area contributed by atoms with Gasteiger partial charge >= 0.3 is 19.8 Å². The molecule has 0 aliphatic rings. The van der Waals surface area contributed by atoms with Crippen molar-refractivity contribution >= 4 is 19.8 Å². The van der Waals surface area contributed by atoms with E-state index in [1.807, 2.05) is 35.0 Å². The molecular weight excluding hydrogens is 401 g/mol. The molecule has 0 saturated heterocycles. The summed E-state index contributed by atoms with van der Waals surface area (Å²) in [6.07, 6.45) is 3.62. The third-order valence-corrected chi connectivity index (χ3v) is 4.87. The van der Waals surface area contributed by atoms with E-state index in [4.69, 9.17) is 18.5 Å². The number of hydrogen-bond acceptors (Lipinski definition) is 7. The van der Waals surface area contributed by atoms with Gasteiger partial charge in [0.05, 0.1) is 27.7 Å². The van der Waals surface area contributed by atoms with Crippen molar-refractivity contribution in [3.05, 3.63) is 0 Å². The van der Waals surface area contributed by atoms with Crippen LogP contribution in [0, 0.1) is 0 Å². The first kappa shape index (κ1) is 28.0. The van der Waals surface area contributed by atoms with E-state index in [0.717, 1.165) is 19.3 Å². The van der Waals surface area contributed by atoms with Crippen LogP contribution < -0.4 is 0 Å². The van der Waals surface area contributed by atoms with Gasteiger partial charge in [0, 0.05) is 12.8 Å². The SMILES string of the molecule is CCCCCC(=O)O[C@H](COC(=O)CCCC)COP(=O)(O)OCC[N+](C)(C)C. The van der Waals surface area contributed by atoms with Crippen LogP contribution in [0.3, 0.4) is 0 Å². The van der Waals surface area contributed by atoms with Crippen LogP contribution in [-0.4, -0.2) is 74.9 Å². The second-order valence-electron chi connectivity index (χ2n) is 7.97. The predicted octanol–water partition coefficient (Wildman–Crippen LogP) is 3.05. The zero-order valence-corrected chi connectivity index (χ0v) is 19.4. The molecule has 0 aliphatic carbocycles. The Kier molecular flexibility index (Phi) is 14.4. The van der Waals surface area contributed by atoms with E-state index in [0.29, 0.717) is 23.9 Å². The number of unbranched alkanes of at least 4 members (excludes halogenated alkanes) is 3. The number of carbonyl (C=O) groups is 2. The van der Waals surface area contributed by atoms with Crippen LogP contribution in [0.25, 0.3) is 0 Å². The van der Waals surface area contributed by atoms with Crippen molar-refractivity contribution < 1.29 is 42.1 Å². The molecule has 0 aromatic heterocycles. The molecule has 29 heavy (non-hydrogen) atoms. The van der Waals surface area contributed by atoms with E-state index in [9.17, 15) is 19.0 Å². The fourth-order valence-electron chi connectivity index (χ4n) is 2.10. The highest BCUT2D eigenvalue weighted by molar-refractivity contribution is 7.47. The maximum atomic E-state index is 12.0. The molecule has 0 rings (SSSR count). The lowest BCUT2D eigenvalue weighted by Crippen LogP contribution is -2.37. The summed E-state index contributed by atoms with van der Waals surface area (Å²) in [7, 11) is 1.46. The highest BCUT2D eigenvalue weighted by Gasteiger charge is 2.26. The van der Waals surface area contributed by atoms with Crippen molar-refractivity contribution in [2.75, 3.05) is 47.5 Å². The van der Waals surface area contributed by atoms with E-state index in [1.54, 1.807) is 0 Å². The third kappa shape index (κ3) is 17.6. The van der Waals surface area contributed by atoms with Crippen LogP contribution in [0.15, 0.2) is 0 Å². The van der Waals surface area contributed by atoms with Gasteiger partial charge in [-0.15, -0.1) is 0 Å². The van der Waals surface area contributed by atoms with Crippen LogP contribution in [0.2, 0.25) is 0 Å². The van der Waals surface area contributed by atoms with Gasteiger partial charge in [0.2, 0.25) is 0 Å². The molecule has 0 fully saturated rings. The maximum Gasteiger partial charge on any atom is 0.472 e. The van der Waals surface area contributed by atoms with E-state index >= 15 is 0 Å². The molecule has 0 spiro atoms. The first-order valence-corrected chi connectivity index (χ1v) is 11.8. The van der Waals surface area contributed by atoms with E-state index in [1.165, 1.54) is 0 Å². The summed E-state index contributed by atoms with van der Waals surface area (Å²) in [5, 5.41) is 0. The molecule has 0 radical (unpaired) electrons. The van der Waals surface area contributed by atoms with E-state index in [2.05, 4.69) is 0 Å². The van der Waals surface area contributed by atoms with E-state index < -0.39 is 32.5 Å². The van der Waals surface area contributed by atoms with Gasteiger partial charge in [-0.1, -0.05) is 33.1 Å². The highest BCUT2D eigenvalue weighted by atomic mass is 31.2. The van der Waals surface area contributed by atoms with Crippen LogP contribution in [0.1, 0.15) is 58.8 Å². The van der Waals surface area contributed by atoms with Crippen LogP contribution >= 0.6 is 7.82 Å². The van der Waals surface area contributed by atoms with Gasteiger partial charge < -0.3 is 18.9 Å². The Labute approximate surface area is 174 Å². The highest BCUT2D eigenvalue weighted by Crippen LogP contribution is 2.43. The summed E-state index contributed by atoms with van der Waals surface area (Å²) in [6, 6.07) is 0. The van der Waals surface area contributed by atoms with Crippen molar-refractivity contribution in [2.45, 2.75) is 64.9 Å². The quantitative estimate of drug-likeness (QED) is 0.159. The van der Waals surface area contributed by atoms with Crippen LogP contribution in [0.5, 0.6) is 0 Å². The molecule has 0 saturated carbocycles. The number of nitrogens with zero attached hydrogens (tertiary/aromatic N) is 1. The fraction of sp³-hybridized carbons (Fsp3) is 0.895. The lowest BCUT2D eigenvalue weighted by atomic mass is 10.2. The number of ether oxygens (including phenoxy) is 2. The van der Waals surface area contributed by atoms with E-state index in [-0.39, 0.29) is 26.1 Å². The average Bonchev–Trinajstić information content (AvgIpc) is 2.61. The molecule has 0 heterocycles. The molecule has 172 valence electrons. The van der Waals surface area contributed by atoms with Gasteiger partial charge in [0.1, 0.15) is 19.8 Å². The monoisotopic (exact) mass is 440 g/mol. The zero-order valence-electron chi connectivity index (χ0n) is 18.6. The first-order chi connectivity index (χ1) is 13.5. The number of hydrogen-bond donors (Lipinski definition) is 1. The minimum Gasteiger partial charge on any atom is -0.462 e. The topological polar surface area (TPSA) is 108 Å². The molecule has 1 unspecified atom stereocenters. The van der Waals surface area contributed by atoms with Gasteiger partial charge in [-0.3, -0.25) is 18.6 Å². The van der Waals surface area contributed by atoms with Gasteiger partial charge in [0.15, 0.2) is 6.10 Å². The molecule has 0 aliphatic heterocycles. The molecule has 0 aromatic carbocycles. The summed E-state index contributed by atoms with van der Waals surface area (Å²) >= 11 is 0. The van der Waals surface area contributed by atoms with Gasteiger partial charge in [-0.05, 0) is 12.8 Å². The normalized spacial score (nSPS) is 14.8. The zero-order chi connectivity index (χ0) is 22.3. The number of esters is 2. The molecule has 0 bridgehead atoms. The van der Waals surface area contributed by atoms with Crippen LogP contribution in [-0.2, 0) is 32.7 Å². The van der Waals surface area contributed by atoms with Gasteiger partial charge in [0.25, 0.3) is 0 Å². The number of rotatable bonds is 17. The third-order valence-electron chi connectivity index (χ3n) is 3.89. The van der Waals surface area contributed by atoms with Gasteiger partial charge in [-0.2, -0.15) is 0 Å². The smallest absolute Gasteiger partial charge is 0.462 e. The Hall–Kier alpha value is -0.990. The molecule has 2 atom stereocenters. The Bertz CT molecular complexity index is 521. The molecule has 0 aromatic rings. The molecule has 1 N–H and O–H groups in total. The van der Waals surface area contributed by atoms with Crippen LogP contribution in [0.4, 0.5) is 0 Å². The fourth-order valence-corrected chi connectivity index (χ4v) is 2.85. The maximum absolute atomic E-state index is 12.0. The number of carbonyl (C=O) groups excluding carboxylic acids is 2. The number of phosphoric ester groups is 1. The van der Waals surface area contributed by atoms with Crippen molar-refractivity contribution in [1.82, 2.24) is 0 Å². The summed E-state index contributed by atoms with van der Waals surface area (Å²) in [6.45, 7) is 3.89. The summed E-state index contributed by atoms with van der Waals surface area (Å²) < 4.78 is 32.9. The predicted molar refractivity (Wildman–Crippen MR) is 109 cm³/mol. The Morgan fingerprint density at radius 2 is 1.55 bits per heavy atom. The van der Waals surface area contributed by atoms with Crippen molar-refractivity contribution in [3.8, 4) is 0 Å². The summed E-state index contributed by atoms with van der Waals surface area (Å²) in [5.74, 6) is -0.874. The van der Waals surface area contributed by atoms with Gasteiger partial charge in [-0.25, -0.2) is 4.57 Å². The minimum atomic E-state index is -4.31. The summed E-state index contributed by atoms with van der Waals surface area (Å²) in [4.78, 5) is 33.5. The molecule has 10 heteroatoms. The Balaban J connectivity index is 4.63. The number of phosphoric acid groups is 1. The average molecular weight is 440 g/mol. The Morgan fingerprint density at radius 3 is 2.14 bits per heavy atom. The van der Waals surface area contributed by atoms with Crippen molar-refractivity contribution in [1.29, 1.82) is 0 Å².